The lowest BCUT2D eigenvalue weighted by molar-refractivity contribution is -0.149. The maximum Gasteiger partial charge on any atom is 0.308 e. The van der Waals surface area contributed by atoms with E-state index in [9.17, 15) is 4.79 Å². The van der Waals surface area contributed by atoms with Gasteiger partial charge in [0, 0.05) is 0 Å². The smallest absolute Gasteiger partial charge is 0.308 e. The van der Waals surface area contributed by atoms with Gasteiger partial charge in [-0.3, -0.25) is 4.79 Å². The van der Waals surface area contributed by atoms with Crippen LogP contribution in [0.25, 0.3) is 0 Å². The molecule has 0 aromatic heterocycles. The van der Waals surface area contributed by atoms with Gasteiger partial charge >= 0.3 is 5.97 Å². The van der Waals surface area contributed by atoms with E-state index in [1.54, 1.807) is 7.11 Å². The minimum Gasteiger partial charge on any atom is -0.497 e. The van der Waals surface area contributed by atoms with E-state index in [2.05, 4.69) is 0 Å². The van der Waals surface area contributed by atoms with Gasteiger partial charge in [-0.05, 0) is 24.1 Å². The van der Waals surface area contributed by atoms with Crippen molar-refractivity contribution in [2.24, 2.45) is 5.92 Å². The second-order valence-corrected chi connectivity index (χ2v) is 3.77. The predicted octanol–water partition coefficient (Wildman–Crippen LogP) is 2.78. The van der Waals surface area contributed by atoms with E-state index in [1.165, 1.54) is 0 Å². The molecular formula is C13H18O3. The van der Waals surface area contributed by atoms with Crippen LogP contribution in [-0.4, -0.2) is 13.1 Å². The molecule has 1 aromatic carbocycles. The Hall–Kier alpha value is -1.51. The highest BCUT2D eigenvalue weighted by molar-refractivity contribution is 5.71. The van der Waals surface area contributed by atoms with E-state index in [1.807, 2.05) is 38.1 Å². The number of ether oxygens (including phenoxy) is 2. The molecule has 1 rings (SSSR count). The Morgan fingerprint density at radius 1 is 1.31 bits per heavy atom. The fraction of sp³-hybridized carbons (Fsp3) is 0.462. The van der Waals surface area contributed by atoms with Crippen LogP contribution in [0.1, 0.15) is 25.8 Å². The van der Waals surface area contributed by atoms with Gasteiger partial charge in [-0.15, -0.1) is 0 Å². The Kier molecular flexibility index (Phi) is 4.83. The molecule has 0 radical (unpaired) electrons. The lowest BCUT2D eigenvalue weighted by Gasteiger charge is -2.09. The van der Waals surface area contributed by atoms with Crippen LogP contribution < -0.4 is 4.74 Å². The first kappa shape index (κ1) is 12.6. The Balaban J connectivity index is 2.45. The summed E-state index contributed by atoms with van der Waals surface area (Å²) in [5, 5.41) is 0. The van der Waals surface area contributed by atoms with E-state index in [4.69, 9.17) is 9.47 Å². The zero-order valence-electron chi connectivity index (χ0n) is 10.0. The number of esters is 1. The molecule has 3 nitrogen and oxygen atoms in total. The van der Waals surface area contributed by atoms with E-state index < -0.39 is 0 Å². The molecule has 0 saturated carbocycles. The molecule has 0 aliphatic carbocycles. The maximum absolute atomic E-state index is 11.4. The third kappa shape index (κ3) is 3.57. The van der Waals surface area contributed by atoms with Crippen molar-refractivity contribution in [1.82, 2.24) is 0 Å². The normalized spacial score (nSPS) is 11.9. The Morgan fingerprint density at radius 2 is 1.94 bits per heavy atom. The molecule has 0 heterocycles. The number of methoxy groups -OCH3 is 1. The van der Waals surface area contributed by atoms with Crippen LogP contribution in [0.5, 0.6) is 5.75 Å². The van der Waals surface area contributed by atoms with Crippen molar-refractivity contribution in [2.45, 2.75) is 26.9 Å². The van der Waals surface area contributed by atoms with Gasteiger partial charge in [0.2, 0.25) is 0 Å². The van der Waals surface area contributed by atoms with Crippen molar-refractivity contribution in [3.63, 3.8) is 0 Å². The summed E-state index contributed by atoms with van der Waals surface area (Å²) in [5.74, 6) is 0.633. The van der Waals surface area contributed by atoms with Crippen LogP contribution in [-0.2, 0) is 16.1 Å². The lowest BCUT2D eigenvalue weighted by Crippen LogP contribution is -2.13. The molecule has 0 saturated heterocycles. The summed E-state index contributed by atoms with van der Waals surface area (Å²) < 4.78 is 10.2. The Labute approximate surface area is 96.4 Å². The highest BCUT2D eigenvalue weighted by Crippen LogP contribution is 2.13. The molecule has 0 aliphatic heterocycles. The van der Waals surface area contributed by atoms with E-state index in [-0.39, 0.29) is 11.9 Å². The average molecular weight is 222 g/mol. The molecule has 88 valence electrons. The molecule has 0 spiro atoms. The quantitative estimate of drug-likeness (QED) is 0.719. The summed E-state index contributed by atoms with van der Waals surface area (Å²) >= 11 is 0. The van der Waals surface area contributed by atoms with E-state index >= 15 is 0 Å². The molecule has 3 heteroatoms. The van der Waals surface area contributed by atoms with Gasteiger partial charge in [0.05, 0.1) is 13.0 Å². The number of carbonyl (C=O) groups excluding carboxylic acids is 1. The van der Waals surface area contributed by atoms with E-state index in [0.29, 0.717) is 6.61 Å². The van der Waals surface area contributed by atoms with Gasteiger partial charge in [-0.25, -0.2) is 0 Å². The third-order valence-corrected chi connectivity index (χ3v) is 2.55. The molecule has 0 amide bonds. The molecule has 1 atom stereocenters. The zero-order chi connectivity index (χ0) is 12.0. The molecule has 0 N–H and O–H groups in total. The maximum atomic E-state index is 11.4. The summed E-state index contributed by atoms with van der Waals surface area (Å²) in [4.78, 5) is 11.4. The van der Waals surface area contributed by atoms with Crippen molar-refractivity contribution in [3.8, 4) is 5.75 Å². The van der Waals surface area contributed by atoms with Crippen LogP contribution in [0.15, 0.2) is 24.3 Å². The summed E-state index contributed by atoms with van der Waals surface area (Å²) in [6, 6.07) is 7.49. The third-order valence-electron chi connectivity index (χ3n) is 2.55. The Morgan fingerprint density at radius 3 is 2.44 bits per heavy atom. The summed E-state index contributed by atoms with van der Waals surface area (Å²) in [5.41, 5.74) is 0.970. The number of hydrogen-bond donors (Lipinski definition) is 0. The van der Waals surface area contributed by atoms with E-state index in [0.717, 1.165) is 17.7 Å². The topological polar surface area (TPSA) is 35.5 Å². The second kappa shape index (κ2) is 6.16. The largest absolute Gasteiger partial charge is 0.497 e. The molecule has 0 aliphatic rings. The number of rotatable bonds is 5. The fourth-order valence-corrected chi connectivity index (χ4v) is 1.19. The molecule has 0 bridgehead atoms. The fourth-order valence-electron chi connectivity index (χ4n) is 1.19. The van der Waals surface area contributed by atoms with Gasteiger partial charge in [-0.2, -0.15) is 0 Å². The van der Waals surface area contributed by atoms with Crippen LogP contribution in [0.4, 0.5) is 0 Å². The second-order valence-electron chi connectivity index (χ2n) is 3.77. The van der Waals surface area contributed by atoms with Crippen LogP contribution in [0.2, 0.25) is 0 Å². The van der Waals surface area contributed by atoms with Crippen molar-refractivity contribution < 1.29 is 14.3 Å². The van der Waals surface area contributed by atoms with Gasteiger partial charge in [0.1, 0.15) is 12.4 Å². The lowest BCUT2D eigenvalue weighted by atomic mass is 10.1. The monoisotopic (exact) mass is 222 g/mol. The van der Waals surface area contributed by atoms with Gasteiger partial charge < -0.3 is 9.47 Å². The summed E-state index contributed by atoms with van der Waals surface area (Å²) in [6.45, 7) is 4.17. The Bertz CT molecular complexity index is 330. The molecule has 1 unspecified atom stereocenters. The van der Waals surface area contributed by atoms with Crippen LogP contribution >= 0.6 is 0 Å². The standard InChI is InChI=1S/C13H18O3/c1-4-10(2)13(14)16-9-11-5-7-12(15-3)8-6-11/h5-8,10H,4,9H2,1-3H3. The SMILES string of the molecule is CCC(C)C(=O)OCc1ccc(OC)cc1. The van der Waals surface area contributed by atoms with Crippen LogP contribution in [0, 0.1) is 5.92 Å². The summed E-state index contributed by atoms with van der Waals surface area (Å²) in [6.07, 6.45) is 0.807. The summed E-state index contributed by atoms with van der Waals surface area (Å²) in [7, 11) is 1.62. The minimum absolute atomic E-state index is 0.0294. The van der Waals surface area contributed by atoms with Crippen LogP contribution in [0.3, 0.4) is 0 Å². The predicted molar refractivity (Wildman–Crippen MR) is 62.2 cm³/mol. The number of carbonyl (C=O) groups is 1. The zero-order valence-corrected chi connectivity index (χ0v) is 10.0. The van der Waals surface area contributed by atoms with Gasteiger partial charge in [0.15, 0.2) is 0 Å². The average Bonchev–Trinajstić information content (AvgIpc) is 2.35. The first-order valence-corrected chi connectivity index (χ1v) is 5.47. The molecule has 1 aromatic rings. The highest BCUT2D eigenvalue weighted by Gasteiger charge is 2.11. The van der Waals surface area contributed by atoms with Gasteiger partial charge in [0.25, 0.3) is 0 Å². The van der Waals surface area contributed by atoms with Crippen molar-refractivity contribution in [1.29, 1.82) is 0 Å². The number of benzene rings is 1. The minimum atomic E-state index is -0.140. The number of hydrogen-bond acceptors (Lipinski definition) is 3. The van der Waals surface area contributed by atoms with Gasteiger partial charge in [-0.1, -0.05) is 26.0 Å². The van der Waals surface area contributed by atoms with Crippen molar-refractivity contribution >= 4 is 5.97 Å². The van der Waals surface area contributed by atoms with Crippen molar-refractivity contribution in [3.05, 3.63) is 29.8 Å². The highest BCUT2D eigenvalue weighted by atomic mass is 16.5. The van der Waals surface area contributed by atoms with Crippen molar-refractivity contribution in [2.75, 3.05) is 7.11 Å². The first-order chi connectivity index (χ1) is 7.67. The molecule has 0 fully saturated rings. The molecular weight excluding hydrogens is 204 g/mol. The molecule has 16 heavy (non-hydrogen) atoms. The first-order valence-electron chi connectivity index (χ1n) is 5.47.